The Morgan fingerprint density at radius 3 is 2.44 bits per heavy atom. The molecule has 0 aliphatic heterocycles. The highest BCUT2D eigenvalue weighted by Crippen LogP contribution is 2.18. The second-order valence-electron chi connectivity index (χ2n) is 6.54. The fraction of sp³-hybridized carbons (Fsp3) is 0.389. The van der Waals surface area contributed by atoms with E-state index in [2.05, 4.69) is 10.4 Å². The van der Waals surface area contributed by atoms with Gasteiger partial charge in [0.15, 0.2) is 15.9 Å². The molecule has 1 aromatic carbocycles. The average Bonchev–Trinajstić information content (AvgIpc) is 3.02. The monoisotopic (exact) mass is 393 g/mol. The largest absolute Gasteiger partial charge is 0.449 e. The number of nitrogens with zero attached hydrogens (tertiary/aromatic N) is 2. The molecule has 0 saturated heterocycles. The first-order valence-corrected chi connectivity index (χ1v) is 10.3. The van der Waals surface area contributed by atoms with Crippen LogP contribution in [-0.2, 0) is 19.4 Å². The number of sulfone groups is 1. The maximum atomic E-state index is 12.4. The zero-order valence-electron chi connectivity index (χ0n) is 15.9. The Morgan fingerprint density at radius 1 is 1.19 bits per heavy atom. The highest BCUT2D eigenvalue weighted by Gasteiger charge is 2.22. The number of rotatable bonds is 6. The van der Waals surface area contributed by atoms with E-state index < -0.39 is 27.8 Å². The SMILES string of the molecule is Cc1ccc(S(C)(=O)=O)cc1C(=O)OC(C)C(=O)Nc1ccnn1C(C)C. The van der Waals surface area contributed by atoms with Crippen molar-refractivity contribution in [1.82, 2.24) is 9.78 Å². The third-order valence-electron chi connectivity index (χ3n) is 3.92. The Labute approximate surface area is 158 Å². The molecule has 0 spiro atoms. The van der Waals surface area contributed by atoms with Gasteiger partial charge in [-0.3, -0.25) is 4.79 Å². The minimum absolute atomic E-state index is 0.0120. The first-order valence-electron chi connectivity index (χ1n) is 8.36. The molecule has 1 aromatic heterocycles. The summed E-state index contributed by atoms with van der Waals surface area (Å²) in [5, 5.41) is 6.79. The Hall–Kier alpha value is -2.68. The smallest absolute Gasteiger partial charge is 0.339 e. The lowest BCUT2D eigenvalue weighted by atomic mass is 10.1. The number of carbonyl (C=O) groups excluding carboxylic acids is 2. The molecule has 1 atom stereocenters. The summed E-state index contributed by atoms with van der Waals surface area (Å²) in [6.07, 6.45) is 1.54. The maximum absolute atomic E-state index is 12.4. The molecule has 8 nitrogen and oxygen atoms in total. The van der Waals surface area contributed by atoms with Gasteiger partial charge in [0.2, 0.25) is 0 Å². The van der Waals surface area contributed by atoms with Gasteiger partial charge in [-0.15, -0.1) is 0 Å². The Kier molecular flexibility index (Phi) is 6.04. The highest BCUT2D eigenvalue weighted by atomic mass is 32.2. The normalized spacial score (nSPS) is 12.7. The standard InChI is InChI=1S/C18H23N3O5S/c1-11(2)21-16(8-9-19-21)20-17(22)13(4)26-18(23)15-10-14(27(5,24)25)7-6-12(15)3/h6-11,13H,1-5H3,(H,20,22). The molecule has 146 valence electrons. The van der Waals surface area contributed by atoms with Crippen LogP contribution in [0.5, 0.6) is 0 Å². The minimum atomic E-state index is -3.46. The Balaban J connectivity index is 2.13. The van der Waals surface area contributed by atoms with Crippen LogP contribution in [0.25, 0.3) is 0 Å². The number of esters is 1. The minimum Gasteiger partial charge on any atom is -0.449 e. The predicted molar refractivity (Wildman–Crippen MR) is 100 cm³/mol. The number of ether oxygens (including phenoxy) is 1. The number of hydrogen-bond donors (Lipinski definition) is 1. The second kappa shape index (κ2) is 7.91. The van der Waals surface area contributed by atoms with Crippen LogP contribution in [0.4, 0.5) is 5.82 Å². The third-order valence-corrected chi connectivity index (χ3v) is 5.03. The van der Waals surface area contributed by atoms with Gasteiger partial charge in [-0.2, -0.15) is 5.10 Å². The summed E-state index contributed by atoms with van der Waals surface area (Å²) in [4.78, 5) is 24.8. The van der Waals surface area contributed by atoms with Gasteiger partial charge in [-0.25, -0.2) is 17.9 Å². The van der Waals surface area contributed by atoms with Crippen molar-refractivity contribution in [2.75, 3.05) is 11.6 Å². The third kappa shape index (κ3) is 4.94. The zero-order chi connectivity index (χ0) is 20.4. The van der Waals surface area contributed by atoms with Crippen LogP contribution in [0.3, 0.4) is 0 Å². The fourth-order valence-corrected chi connectivity index (χ4v) is 3.03. The van der Waals surface area contributed by atoms with Gasteiger partial charge in [0.05, 0.1) is 16.7 Å². The molecule has 9 heteroatoms. The van der Waals surface area contributed by atoms with Crippen molar-refractivity contribution in [2.24, 2.45) is 0 Å². The van der Waals surface area contributed by atoms with Crippen molar-refractivity contribution in [3.05, 3.63) is 41.6 Å². The molecule has 2 aromatic rings. The molecule has 0 aliphatic rings. The summed E-state index contributed by atoms with van der Waals surface area (Å²) < 4.78 is 30.2. The van der Waals surface area contributed by atoms with Crippen LogP contribution < -0.4 is 5.32 Å². The molecular formula is C18H23N3O5S. The van der Waals surface area contributed by atoms with E-state index in [9.17, 15) is 18.0 Å². The molecule has 1 heterocycles. The Morgan fingerprint density at radius 2 is 1.85 bits per heavy atom. The Bertz CT molecular complexity index is 963. The quantitative estimate of drug-likeness (QED) is 0.755. The number of aromatic nitrogens is 2. The van der Waals surface area contributed by atoms with Crippen molar-refractivity contribution >= 4 is 27.5 Å². The zero-order valence-corrected chi connectivity index (χ0v) is 16.7. The van der Waals surface area contributed by atoms with Crippen LogP contribution in [0.1, 0.15) is 42.7 Å². The molecule has 1 unspecified atom stereocenters. The van der Waals surface area contributed by atoms with Crippen molar-refractivity contribution in [3.63, 3.8) is 0 Å². The van der Waals surface area contributed by atoms with E-state index in [-0.39, 0.29) is 16.5 Å². The van der Waals surface area contributed by atoms with Crippen molar-refractivity contribution in [2.45, 2.75) is 44.7 Å². The first kappa shape index (κ1) is 20.6. The summed E-state index contributed by atoms with van der Waals surface area (Å²) >= 11 is 0. The summed E-state index contributed by atoms with van der Waals surface area (Å²) in [5.41, 5.74) is 0.655. The number of benzene rings is 1. The summed E-state index contributed by atoms with van der Waals surface area (Å²) in [6, 6.07) is 5.90. The van der Waals surface area contributed by atoms with E-state index in [4.69, 9.17) is 4.74 Å². The van der Waals surface area contributed by atoms with E-state index in [1.807, 2.05) is 13.8 Å². The van der Waals surface area contributed by atoms with Gasteiger partial charge < -0.3 is 10.1 Å². The molecule has 0 fully saturated rings. The van der Waals surface area contributed by atoms with Crippen molar-refractivity contribution < 1.29 is 22.7 Å². The van der Waals surface area contributed by atoms with Crippen LogP contribution in [0, 0.1) is 6.92 Å². The summed E-state index contributed by atoms with van der Waals surface area (Å²) in [5.74, 6) is -0.783. The fourth-order valence-electron chi connectivity index (χ4n) is 2.38. The maximum Gasteiger partial charge on any atom is 0.339 e. The van der Waals surface area contributed by atoms with Crippen LogP contribution in [-0.4, -0.2) is 42.4 Å². The van der Waals surface area contributed by atoms with E-state index in [0.29, 0.717) is 11.4 Å². The van der Waals surface area contributed by atoms with Gasteiger partial charge in [-0.1, -0.05) is 6.07 Å². The number of carbonyl (C=O) groups is 2. The van der Waals surface area contributed by atoms with Crippen LogP contribution in [0.15, 0.2) is 35.4 Å². The van der Waals surface area contributed by atoms with E-state index in [1.54, 1.807) is 23.9 Å². The molecular weight excluding hydrogens is 370 g/mol. The van der Waals surface area contributed by atoms with E-state index in [0.717, 1.165) is 6.26 Å². The highest BCUT2D eigenvalue weighted by molar-refractivity contribution is 7.90. The average molecular weight is 393 g/mol. The predicted octanol–water partition coefficient (Wildman–Crippen LogP) is 2.36. The lowest BCUT2D eigenvalue weighted by Crippen LogP contribution is -2.31. The number of aryl methyl sites for hydroxylation is 1. The second-order valence-corrected chi connectivity index (χ2v) is 8.56. The molecule has 0 aliphatic carbocycles. The van der Waals surface area contributed by atoms with Crippen LogP contribution >= 0.6 is 0 Å². The summed E-state index contributed by atoms with van der Waals surface area (Å²) in [7, 11) is -3.46. The number of nitrogens with one attached hydrogen (secondary N) is 1. The number of anilines is 1. The lowest BCUT2D eigenvalue weighted by molar-refractivity contribution is -0.123. The van der Waals surface area contributed by atoms with Crippen molar-refractivity contribution in [1.29, 1.82) is 0 Å². The number of hydrogen-bond acceptors (Lipinski definition) is 6. The summed E-state index contributed by atoms with van der Waals surface area (Å²) in [6.45, 7) is 6.95. The molecule has 0 saturated carbocycles. The van der Waals surface area contributed by atoms with Crippen molar-refractivity contribution in [3.8, 4) is 0 Å². The van der Waals surface area contributed by atoms with E-state index in [1.165, 1.54) is 25.1 Å². The first-order chi connectivity index (χ1) is 12.5. The molecule has 27 heavy (non-hydrogen) atoms. The van der Waals surface area contributed by atoms with Gasteiger partial charge >= 0.3 is 5.97 Å². The van der Waals surface area contributed by atoms with Gasteiger partial charge in [0.25, 0.3) is 5.91 Å². The topological polar surface area (TPSA) is 107 Å². The van der Waals surface area contributed by atoms with Gasteiger partial charge in [0, 0.05) is 18.4 Å². The number of amides is 1. The molecule has 1 amide bonds. The van der Waals surface area contributed by atoms with Gasteiger partial charge in [-0.05, 0) is 45.4 Å². The molecule has 1 N–H and O–H groups in total. The molecule has 0 radical (unpaired) electrons. The lowest BCUT2D eigenvalue weighted by Gasteiger charge is -2.16. The molecule has 0 bridgehead atoms. The molecule has 2 rings (SSSR count). The van der Waals surface area contributed by atoms with Crippen LogP contribution in [0.2, 0.25) is 0 Å². The van der Waals surface area contributed by atoms with Gasteiger partial charge in [0.1, 0.15) is 5.82 Å². The van der Waals surface area contributed by atoms with E-state index >= 15 is 0 Å².